The number of nitrogens with two attached hydrogens (primary N) is 1. The molecule has 7 heteroatoms. The van der Waals surface area contributed by atoms with Gasteiger partial charge in [-0.05, 0) is 0 Å². The predicted octanol–water partition coefficient (Wildman–Crippen LogP) is -0.476. The highest BCUT2D eigenvalue weighted by atomic mass is 32.1. The molecule has 2 amide bonds. The highest BCUT2D eigenvalue weighted by Gasteiger charge is 2.07. The van der Waals surface area contributed by atoms with Gasteiger partial charge in [-0.2, -0.15) is 0 Å². The molecule has 70 valence electrons. The molecule has 3 N–H and O–H groups in total. The van der Waals surface area contributed by atoms with E-state index < -0.39 is 5.91 Å². The summed E-state index contributed by atoms with van der Waals surface area (Å²) in [5, 5.41) is 10.6. The molecule has 0 aliphatic carbocycles. The minimum atomic E-state index is -0.467. The Morgan fingerprint density at radius 2 is 2.23 bits per heavy atom. The molecule has 0 bridgehead atoms. The van der Waals surface area contributed by atoms with Crippen LogP contribution in [0.5, 0.6) is 0 Å². The molecule has 1 rings (SSSR count). The first-order valence-electron chi connectivity index (χ1n) is 3.46. The first-order valence-corrected chi connectivity index (χ1v) is 4.28. The molecule has 0 fully saturated rings. The number of anilines is 1. The summed E-state index contributed by atoms with van der Waals surface area (Å²) < 4.78 is 0. The lowest BCUT2D eigenvalue weighted by atomic mass is 10.4. The van der Waals surface area contributed by atoms with Crippen molar-refractivity contribution in [2.24, 2.45) is 5.73 Å². The third kappa shape index (κ3) is 3.16. The molecule has 0 saturated heterocycles. The Labute approximate surface area is 78.2 Å². The van der Waals surface area contributed by atoms with Gasteiger partial charge in [-0.3, -0.25) is 9.59 Å². The van der Waals surface area contributed by atoms with Crippen molar-refractivity contribution in [3.63, 3.8) is 0 Å². The average molecular weight is 200 g/mol. The second-order valence-electron chi connectivity index (χ2n) is 2.33. The van der Waals surface area contributed by atoms with E-state index in [2.05, 4.69) is 15.5 Å². The largest absolute Gasteiger partial charge is 0.369 e. The molecule has 0 atom stereocenters. The molecular formula is C6H8N4O2S. The van der Waals surface area contributed by atoms with Crippen LogP contribution in [0, 0.1) is 0 Å². The van der Waals surface area contributed by atoms with Gasteiger partial charge in [0.05, 0.1) is 6.42 Å². The zero-order valence-corrected chi connectivity index (χ0v) is 7.72. The Kier molecular flexibility index (Phi) is 2.91. The summed E-state index contributed by atoms with van der Waals surface area (Å²) in [4.78, 5) is 21.1. The van der Waals surface area contributed by atoms with Crippen LogP contribution in [-0.4, -0.2) is 22.0 Å². The minimum absolute atomic E-state index is 0.0528. The lowest BCUT2D eigenvalue weighted by molar-refractivity contribution is -0.117. The Morgan fingerprint density at radius 1 is 1.54 bits per heavy atom. The summed E-state index contributed by atoms with van der Waals surface area (Å²) in [5.74, 6) is -0.688. The van der Waals surface area contributed by atoms with Gasteiger partial charge in [-0.15, -0.1) is 10.2 Å². The van der Waals surface area contributed by atoms with Gasteiger partial charge in [0.15, 0.2) is 0 Å². The van der Waals surface area contributed by atoms with E-state index in [0.717, 1.165) is 11.3 Å². The maximum absolute atomic E-state index is 10.6. The van der Waals surface area contributed by atoms with E-state index in [1.807, 2.05) is 0 Å². The number of amides is 2. The molecule has 0 unspecified atom stereocenters. The smallest absolute Gasteiger partial charge is 0.224 e. The minimum Gasteiger partial charge on any atom is -0.369 e. The number of carbonyl (C=O) groups is 2. The van der Waals surface area contributed by atoms with Gasteiger partial charge >= 0.3 is 0 Å². The van der Waals surface area contributed by atoms with E-state index in [4.69, 9.17) is 5.73 Å². The third-order valence-corrected chi connectivity index (χ3v) is 1.91. The van der Waals surface area contributed by atoms with Gasteiger partial charge in [0, 0.05) is 6.92 Å². The zero-order valence-electron chi connectivity index (χ0n) is 6.90. The van der Waals surface area contributed by atoms with Crippen LogP contribution < -0.4 is 11.1 Å². The van der Waals surface area contributed by atoms with Crippen molar-refractivity contribution >= 4 is 28.3 Å². The highest BCUT2D eigenvalue weighted by molar-refractivity contribution is 7.15. The van der Waals surface area contributed by atoms with Crippen LogP contribution in [0.2, 0.25) is 0 Å². The molecule has 1 aromatic rings. The number of carbonyl (C=O) groups excluding carboxylic acids is 2. The van der Waals surface area contributed by atoms with Crippen LogP contribution >= 0.6 is 11.3 Å². The first kappa shape index (κ1) is 9.59. The summed E-state index contributed by atoms with van der Waals surface area (Å²) in [6.07, 6.45) is 0.0528. The molecule has 0 aliphatic heterocycles. The van der Waals surface area contributed by atoms with E-state index in [0.29, 0.717) is 10.1 Å². The molecule has 0 aliphatic rings. The first-order chi connectivity index (χ1) is 6.08. The van der Waals surface area contributed by atoms with E-state index in [9.17, 15) is 9.59 Å². The molecule has 0 radical (unpaired) electrons. The Morgan fingerprint density at radius 3 is 2.77 bits per heavy atom. The van der Waals surface area contributed by atoms with Crippen molar-refractivity contribution < 1.29 is 9.59 Å². The van der Waals surface area contributed by atoms with Gasteiger partial charge in [0.25, 0.3) is 0 Å². The topological polar surface area (TPSA) is 98.0 Å². The highest BCUT2D eigenvalue weighted by Crippen LogP contribution is 2.14. The van der Waals surface area contributed by atoms with E-state index in [-0.39, 0.29) is 12.3 Å². The molecule has 13 heavy (non-hydrogen) atoms. The van der Waals surface area contributed by atoms with Crippen LogP contribution in [0.25, 0.3) is 0 Å². The number of nitrogens with one attached hydrogen (secondary N) is 1. The lowest BCUT2D eigenvalue weighted by Crippen LogP contribution is -2.13. The zero-order chi connectivity index (χ0) is 9.84. The number of primary amides is 1. The van der Waals surface area contributed by atoms with Gasteiger partial charge in [-0.1, -0.05) is 11.3 Å². The van der Waals surface area contributed by atoms with Crippen molar-refractivity contribution in [2.75, 3.05) is 5.32 Å². The molecule has 6 nitrogen and oxygen atoms in total. The lowest BCUT2D eigenvalue weighted by Gasteiger charge is -1.90. The normalized spacial score (nSPS) is 9.62. The van der Waals surface area contributed by atoms with E-state index in [1.165, 1.54) is 6.92 Å². The fraction of sp³-hybridized carbons (Fsp3) is 0.333. The fourth-order valence-electron chi connectivity index (χ4n) is 0.675. The number of hydrogen-bond acceptors (Lipinski definition) is 5. The molecule has 0 saturated carbocycles. The maximum Gasteiger partial charge on any atom is 0.224 e. The van der Waals surface area contributed by atoms with Crippen molar-refractivity contribution in [2.45, 2.75) is 13.3 Å². The molecule has 1 heterocycles. The number of hydrogen-bond donors (Lipinski definition) is 2. The number of nitrogens with zero attached hydrogens (tertiary/aromatic N) is 2. The van der Waals surface area contributed by atoms with Gasteiger partial charge in [0.2, 0.25) is 16.9 Å². The molecule has 0 aromatic carbocycles. The van der Waals surface area contributed by atoms with Crippen LogP contribution in [-0.2, 0) is 16.0 Å². The quantitative estimate of drug-likeness (QED) is 0.688. The van der Waals surface area contributed by atoms with Crippen LogP contribution in [0.15, 0.2) is 0 Å². The summed E-state index contributed by atoms with van der Waals surface area (Å²) in [6, 6.07) is 0. The average Bonchev–Trinajstić information content (AvgIpc) is 2.33. The molecular weight excluding hydrogens is 192 g/mol. The standard InChI is InChI=1S/C6H8N4O2S/c1-3(11)8-6-10-9-5(13-6)2-4(7)12/h2H2,1H3,(H2,7,12)(H,8,10,11). The van der Waals surface area contributed by atoms with E-state index >= 15 is 0 Å². The van der Waals surface area contributed by atoms with Crippen molar-refractivity contribution in [1.82, 2.24) is 10.2 Å². The van der Waals surface area contributed by atoms with E-state index in [1.54, 1.807) is 0 Å². The van der Waals surface area contributed by atoms with Crippen LogP contribution in [0.3, 0.4) is 0 Å². The second kappa shape index (κ2) is 3.94. The van der Waals surface area contributed by atoms with Crippen molar-refractivity contribution in [3.8, 4) is 0 Å². The molecule has 1 aromatic heterocycles. The monoisotopic (exact) mass is 200 g/mol. The summed E-state index contributed by atoms with van der Waals surface area (Å²) in [7, 11) is 0. The second-order valence-corrected chi connectivity index (χ2v) is 3.39. The Hall–Kier alpha value is -1.50. The predicted molar refractivity (Wildman–Crippen MR) is 47.1 cm³/mol. The van der Waals surface area contributed by atoms with Gasteiger partial charge in [0.1, 0.15) is 5.01 Å². The number of rotatable bonds is 3. The van der Waals surface area contributed by atoms with Crippen molar-refractivity contribution in [1.29, 1.82) is 0 Å². The Balaban J connectivity index is 2.63. The Bertz CT molecular complexity index is 305. The fourth-order valence-corrected chi connectivity index (χ4v) is 1.47. The molecule has 0 spiro atoms. The SMILES string of the molecule is CC(=O)Nc1nnc(CC(N)=O)s1. The summed E-state index contributed by atoms with van der Waals surface area (Å²) >= 11 is 1.13. The van der Waals surface area contributed by atoms with Gasteiger partial charge in [-0.25, -0.2) is 0 Å². The number of aromatic nitrogens is 2. The van der Waals surface area contributed by atoms with Crippen molar-refractivity contribution in [3.05, 3.63) is 5.01 Å². The van der Waals surface area contributed by atoms with Crippen LogP contribution in [0.4, 0.5) is 5.13 Å². The maximum atomic E-state index is 10.6. The third-order valence-electron chi connectivity index (χ3n) is 1.08. The summed E-state index contributed by atoms with van der Waals surface area (Å²) in [5.41, 5.74) is 4.95. The van der Waals surface area contributed by atoms with Gasteiger partial charge < -0.3 is 11.1 Å². The van der Waals surface area contributed by atoms with Crippen LogP contribution in [0.1, 0.15) is 11.9 Å². The summed E-state index contributed by atoms with van der Waals surface area (Å²) in [6.45, 7) is 1.37.